The number of hydrogen-bond donors (Lipinski definition) is 0. The highest BCUT2D eigenvalue weighted by molar-refractivity contribution is 9.09. The van der Waals surface area contributed by atoms with Gasteiger partial charge in [-0.25, -0.2) is 0 Å². The quantitative estimate of drug-likeness (QED) is 0.809. The van der Waals surface area contributed by atoms with Gasteiger partial charge in [-0.15, -0.1) is 0 Å². The fourth-order valence-electron chi connectivity index (χ4n) is 2.54. The molecule has 0 N–H and O–H groups in total. The molecule has 92 valence electrons. The second-order valence-electron chi connectivity index (χ2n) is 4.89. The van der Waals surface area contributed by atoms with E-state index in [0.717, 1.165) is 24.1 Å². The summed E-state index contributed by atoms with van der Waals surface area (Å²) < 4.78 is 0. The largest absolute Gasteiger partial charge is 0.298 e. The SMILES string of the molecule is O=C(CBr)C1CC(c2ccc3ccccc3n2)C1. The molecular weight excluding hydrogens is 290 g/mol. The van der Waals surface area contributed by atoms with Gasteiger partial charge < -0.3 is 0 Å². The molecule has 2 aromatic rings. The van der Waals surface area contributed by atoms with E-state index in [1.54, 1.807) is 0 Å². The number of Topliss-reactive ketones (excluding diaryl/α,β-unsaturated/α-hetero) is 1. The number of aromatic nitrogens is 1. The van der Waals surface area contributed by atoms with Crippen LogP contribution in [0.5, 0.6) is 0 Å². The summed E-state index contributed by atoms with van der Waals surface area (Å²) in [6, 6.07) is 12.4. The number of alkyl halides is 1. The highest BCUT2D eigenvalue weighted by Crippen LogP contribution is 2.41. The zero-order chi connectivity index (χ0) is 12.5. The molecule has 1 fully saturated rings. The standard InChI is InChI=1S/C15H14BrNO/c16-9-15(18)12-7-11(8-12)14-6-5-10-3-1-2-4-13(10)17-14/h1-6,11-12H,7-9H2. The van der Waals surface area contributed by atoms with E-state index >= 15 is 0 Å². The Labute approximate surface area is 115 Å². The van der Waals surface area contributed by atoms with Crippen LogP contribution >= 0.6 is 15.9 Å². The van der Waals surface area contributed by atoms with Crippen molar-refractivity contribution in [2.24, 2.45) is 5.92 Å². The minimum Gasteiger partial charge on any atom is -0.298 e. The lowest BCUT2D eigenvalue weighted by Gasteiger charge is -2.33. The van der Waals surface area contributed by atoms with Gasteiger partial charge in [0.05, 0.1) is 10.8 Å². The van der Waals surface area contributed by atoms with Crippen molar-refractivity contribution in [3.63, 3.8) is 0 Å². The fraction of sp³-hybridized carbons (Fsp3) is 0.333. The van der Waals surface area contributed by atoms with Gasteiger partial charge >= 0.3 is 0 Å². The number of pyridine rings is 1. The molecule has 1 aliphatic carbocycles. The number of benzene rings is 1. The molecule has 1 aromatic heterocycles. The van der Waals surface area contributed by atoms with E-state index in [0.29, 0.717) is 17.0 Å². The Balaban J connectivity index is 1.78. The van der Waals surface area contributed by atoms with Crippen LogP contribution < -0.4 is 0 Å². The lowest BCUT2D eigenvalue weighted by Crippen LogP contribution is -2.30. The Kier molecular flexibility index (Phi) is 3.16. The molecule has 3 rings (SSSR count). The molecule has 0 aliphatic heterocycles. The molecule has 0 radical (unpaired) electrons. The van der Waals surface area contributed by atoms with Crippen LogP contribution in [0.1, 0.15) is 24.5 Å². The smallest absolute Gasteiger partial charge is 0.146 e. The van der Waals surface area contributed by atoms with Crippen LogP contribution in [0.15, 0.2) is 36.4 Å². The van der Waals surface area contributed by atoms with Gasteiger partial charge in [0.1, 0.15) is 5.78 Å². The maximum Gasteiger partial charge on any atom is 0.146 e. The second kappa shape index (κ2) is 4.81. The second-order valence-corrected chi connectivity index (χ2v) is 5.45. The van der Waals surface area contributed by atoms with Gasteiger partial charge in [0, 0.05) is 22.9 Å². The predicted molar refractivity (Wildman–Crippen MR) is 76.0 cm³/mol. The highest BCUT2D eigenvalue weighted by Gasteiger charge is 2.35. The zero-order valence-corrected chi connectivity index (χ0v) is 11.6. The lowest BCUT2D eigenvalue weighted by atomic mass is 9.71. The van der Waals surface area contributed by atoms with E-state index in [-0.39, 0.29) is 5.92 Å². The third kappa shape index (κ3) is 2.07. The van der Waals surface area contributed by atoms with Crippen molar-refractivity contribution in [1.29, 1.82) is 0 Å². The van der Waals surface area contributed by atoms with Crippen molar-refractivity contribution in [1.82, 2.24) is 4.98 Å². The summed E-state index contributed by atoms with van der Waals surface area (Å²) in [7, 11) is 0. The maximum atomic E-state index is 11.5. The van der Waals surface area contributed by atoms with Crippen molar-refractivity contribution in [2.45, 2.75) is 18.8 Å². The van der Waals surface area contributed by atoms with E-state index in [2.05, 4.69) is 34.1 Å². The molecule has 1 aromatic carbocycles. The molecule has 0 spiro atoms. The van der Waals surface area contributed by atoms with E-state index < -0.39 is 0 Å². The highest BCUT2D eigenvalue weighted by atomic mass is 79.9. The Morgan fingerprint density at radius 3 is 2.78 bits per heavy atom. The van der Waals surface area contributed by atoms with E-state index in [1.165, 1.54) is 5.39 Å². The van der Waals surface area contributed by atoms with Crippen LogP contribution in [0.4, 0.5) is 0 Å². The molecule has 0 saturated heterocycles. The molecule has 1 saturated carbocycles. The number of ketones is 1. The summed E-state index contributed by atoms with van der Waals surface area (Å²) in [4.78, 5) is 16.2. The normalized spacial score (nSPS) is 22.7. The van der Waals surface area contributed by atoms with Gasteiger partial charge in [-0.2, -0.15) is 0 Å². The Bertz CT molecular complexity index is 590. The molecular formula is C15H14BrNO. The number of fused-ring (bicyclic) bond motifs is 1. The molecule has 0 atom stereocenters. The molecule has 18 heavy (non-hydrogen) atoms. The van der Waals surface area contributed by atoms with Gasteiger partial charge in [0.15, 0.2) is 0 Å². The average Bonchev–Trinajstić information content (AvgIpc) is 2.36. The number of carbonyl (C=O) groups is 1. The van der Waals surface area contributed by atoms with Gasteiger partial charge in [-0.1, -0.05) is 40.2 Å². The summed E-state index contributed by atoms with van der Waals surface area (Å²) in [6.45, 7) is 0. The fourth-order valence-corrected chi connectivity index (χ4v) is 3.00. The molecule has 3 heteroatoms. The van der Waals surface area contributed by atoms with Gasteiger partial charge in [0.25, 0.3) is 0 Å². The first-order valence-electron chi connectivity index (χ1n) is 6.22. The van der Waals surface area contributed by atoms with Crippen LogP contribution in [0, 0.1) is 5.92 Å². The average molecular weight is 304 g/mol. The first kappa shape index (κ1) is 11.8. The summed E-state index contributed by atoms with van der Waals surface area (Å²) in [5, 5.41) is 1.66. The number of nitrogens with zero attached hydrogens (tertiary/aromatic N) is 1. The van der Waals surface area contributed by atoms with Crippen molar-refractivity contribution < 1.29 is 4.79 Å². The Morgan fingerprint density at radius 1 is 1.22 bits per heavy atom. The molecule has 1 aliphatic rings. The van der Waals surface area contributed by atoms with Crippen molar-refractivity contribution >= 4 is 32.6 Å². The minimum absolute atomic E-state index is 0.239. The lowest BCUT2D eigenvalue weighted by molar-refractivity contribution is -0.123. The zero-order valence-electron chi connectivity index (χ0n) is 9.97. The van der Waals surface area contributed by atoms with E-state index in [4.69, 9.17) is 4.98 Å². The van der Waals surface area contributed by atoms with Gasteiger partial charge in [-0.3, -0.25) is 9.78 Å². The number of para-hydroxylation sites is 1. The van der Waals surface area contributed by atoms with Crippen LogP contribution in [0.2, 0.25) is 0 Å². The number of rotatable bonds is 3. The summed E-state index contributed by atoms with van der Waals surface area (Å²) in [6.07, 6.45) is 1.91. The Hall–Kier alpha value is -1.22. The molecule has 0 unspecified atom stereocenters. The maximum absolute atomic E-state index is 11.5. The minimum atomic E-state index is 0.239. The first-order chi connectivity index (χ1) is 8.78. The van der Waals surface area contributed by atoms with E-state index in [1.807, 2.05) is 18.2 Å². The summed E-state index contributed by atoms with van der Waals surface area (Å²) >= 11 is 3.23. The van der Waals surface area contributed by atoms with Crippen molar-refractivity contribution in [3.8, 4) is 0 Å². The summed E-state index contributed by atoms with van der Waals surface area (Å²) in [5.74, 6) is 1.03. The Morgan fingerprint density at radius 2 is 2.00 bits per heavy atom. The third-order valence-electron chi connectivity index (χ3n) is 3.76. The predicted octanol–water partition coefficient (Wildman–Crippen LogP) is 3.69. The van der Waals surface area contributed by atoms with Crippen LogP contribution in [-0.2, 0) is 4.79 Å². The first-order valence-corrected chi connectivity index (χ1v) is 7.34. The number of hydrogen-bond acceptors (Lipinski definition) is 2. The topological polar surface area (TPSA) is 30.0 Å². The molecule has 1 heterocycles. The monoisotopic (exact) mass is 303 g/mol. The molecule has 0 amide bonds. The summed E-state index contributed by atoms with van der Waals surface area (Å²) in [5.41, 5.74) is 2.18. The van der Waals surface area contributed by atoms with Crippen LogP contribution in [-0.4, -0.2) is 16.1 Å². The van der Waals surface area contributed by atoms with Gasteiger partial charge in [-0.05, 0) is 25.0 Å². The van der Waals surface area contributed by atoms with Gasteiger partial charge in [0.2, 0.25) is 0 Å². The van der Waals surface area contributed by atoms with Crippen molar-refractivity contribution in [2.75, 3.05) is 5.33 Å². The molecule has 2 nitrogen and oxygen atoms in total. The van der Waals surface area contributed by atoms with Crippen LogP contribution in [0.25, 0.3) is 10.9 Å². The number of carbonyl (C=O) groups excluding carboxylic acids is 1. The molecule has 0 bridgehead atoms. The number of halogens is 1. The van der Waals surface area contributed by atoms with Crippen molar-refractivity contribution in [3.05, 3.63) is 42.1 Å². The van der Waals surface area contributed by atoms with Crippen LogP contribution in [0.3, 0.4) is 0 Å². The van der Waals surface area contributed by atoms with E-state index in [9.17, 15) is 4.79 Å². The third-order valence-corrected chi connectivity index (χ3v) is 4.32.